The molecule has 2 aliphatic heterocycles. The highest BCUT2D eigenvalue weighted by Crippen LogP contribution is 2.51. The van der Waals surface area contributed by atoms with Crippen LogP contribution in [0.5, 0.6) is 0 Å². The average molecular weight is 659 g/mol. The number of carbonyl (C=O) groups is 3. The Morgan fingerprint density at radius 2 is 1.78 bits per heavy atom. The van der Waals surface area contributed by atoms with Gasteiger partial charge >= 0.3 is 6.18 Å². The molecule has 7 rings (SSSR count). The fourth-order valence-electron chi connectivity index (χ4n) is 6.91. The number of rotatable bonds is 8. The summed E-state index contributed by atoms with van der Waals surface area (Å²) in [6.07, 6.45) is 1.21. The van der Waals surface area contributed by atoms with Crippen LogP contribution < -0.4 is 16.0 Å². The van der Waals surface area contributed by atoms with Gasteiger partial charge in [-0.25, -0.2) is 4.98 Å². The third-order valence-corrected chi connectivity index (χ3v) is 10.0. The monoisotopic (exact) mass is 658 g/mol. The van der Waals surface area contributed by atoms with E-state index in [1.165, 1.54) is 46.9 Å². The van der Waals surface area contributed by atoms with Gasteiger partial charge in [-0.05, 0) is 74.7 Å². The molecule has 3 amide bonds. The first-order chi connectivity index (χ1) is 22.0. The van der Waals surface area contributed by atoms with Crippen LogP contribution in [0, 0.1) is 23.7 Å². The molecular formula is C31H34ClF3N8O3. The van der Waals surface area contributed by atoms with Crippen LogP contribution in [0.25, 0.3) is 11.3 Å². The van der Waals surface area contributed by atoms with E-state index in [1.807, 2.05) is 4.90 Å². The lowest BCUT2D eigenvalue weighted by Gasteiger charge is -2.28. The molecule has 2 aliphatic carbocycles. The summed E-state index contributed by atoms with van der Waals surface area (Å²) in [5, 5.41) is 12.8. The number of benzene rings is 1. The topological polar surface area (TPSA) is 126 Å². The Kier molecular flexibility index (Phi) is 7.82. The maximum atomic E-state index is 13.7. The third kappa shape index (κ3) is 5.88. The summed E-state index contributed by atoms with van der Waals surface area (Å²) in [5.41, 5.74) is -0.520. The van der Waals surface area contributed by atoms with Crippen LogP contribution in [0.15, 0.2) is 30.6 Å². The number of likely N-dealkylation sites (tertiary alicyclic amines) is 1. The Labute approximate surface area is 267 Å². The van der Waals surface area contributed by atoms with E-state index in [4.69, 9.17) is 11.6 Å². The van der Waals surface area contributed by atoms with Crippen molar-refractivity contribution in [3.05, 3.63) is 52.7 Å². The van der Waals surface area contributed by atoms with Crippen molar-refractivity contribution in [2.24, 2.45) is 30.7 Å². The van der Waals surface area contributed by atoms with E-state index in [0.29, 0.717) is 30.0 Å². The zero-order chi connectivity index (χ0) is 32.3. The molecule has 2 aromatic heterocycles. The van der Waals surface area contributed by atoms with Crippen LogP contribution >= 0.6 is 11.6 Å². The Morgan fingerprint density at radius 1 is 1.07 bits per heavy atom. The van der Waals surface area contributed by atoms with Gasteiger partial charge in [-0.2, -0.15) is 18.3 Å². The highest BCUT2D eigenvalue weighted by atomic mass is 35.5. The lowest BCUT2D eigenvalue weighted by Crippen LogP contribution is -2.41. The lowest BCUT2D eigenvalue weighted by atomic mass is 9.96. The number of nitrogens with zero attached hydrogens (tertiary/aromatic N) is 5. The molecule has 0 radical (unpaired) electrons. The van der Waals surface area contributed by atoms with Gasteiger partial charge < -0.3 is 25.4 Å². The molecule has 3 atom stereocenters. The summed E-state index contributed by atoms with van der Waals surface area (Å²) in [7, 11) is 1.46. The molecule has 15 heteroatoms. The molecule has 2 saturated heterocycles. The van der Waals surface area contributed by atoms with Gasteiger partial charge in [-0.1, -0.05) is 11.6 Å². The Hall–Kier alpha value is -3.91. The largest absolute Gasteiger partial charge is 0.435 e. The second-order valence-electron chi connectivity index (χ2n) is 12.7. The number of anilines is 1. The fraction of sp³-hybridized carbons (Fsp3) is 0.516. The first-order valence-corrected chi connectivity index (χ1v) is 15.9. The second-order valence-corrected chi connectivity index (χ2v) is 13.2. The number of aromatic nitrogens is 4. The predicted molar refractivity (Wildman–Crippen MR) is 162 cm³/mol. The highest BCUT2D eigenvalue weighted by molar-refractivity contribution is 6.34. The van der Waals surface area contributed by atoms with Crippen LogP contribution in [0.1, 0.15) is 58.4 Å². The summed E-state index contributed by atoms with van der Waals surface area (Å²) in [4.78, 5) is 44.9. The maximum Gasteiger partial charge on any atom is 0.435 e. The number of amides is 3. The zero-order valence-corrected chi connectivity index (χ0v) is 25.9. The fourth-order valence-corrected chi connectivity index (χ4v) is 7.18. The number of alkyl halides is 3. The van der Waals surface area contributed by atoms with Crippen LogP contribution in [0.4, 0.5) is 18.9 Å². The summed E-state index contributed by atoms with van der Waals surface area (Å²) in [5.74, 6) is 0.412. The van der Waals surface area contributed by atoms with Crippen molar-refractivity contribution in [3.63, 3.8) is 0 Å². The first-order valence-electron chi connectivity index (χ1n) is 15.6. The Bertz CT molecular complexity index is 1680. The number of nitrogens with one attached hydrogen (secondary N) is 3. The molecule has 0 bridgehead atoms. The Balaban J connectivity index is 0.943. The van der Waals surface area contributed by atoms with Gasteiger partial charge in [0.25, 0.3) is 11.8 Å². The standard InChI is InChI=1S/C31H34ClF3N8O3/c1-41-25(23-15-43(18-3-4-18)40-26(23)31(33,34)35)12-37-27(41)29(45)39-17-2-5-19(24(32)10-17)28(44)38-11-20-21-13-42(14-22(20)21)30(46)16-6-8-36-9-7-16/h2,5,10,12,15-16,18,20-22,36H,3-4,6-9,11,13-14H2,1H3,(H,38,44)(H,39,45)/t20?,21-,22+. The van der Waals surface area contributed by atoms with E-state index in [9.17, 15) is 27.6 Å². The van der Waals surface area contributed by atoms with Gasteiger partial charge in [0.05, 0.1) is 34.1 Å². The molecule has 1 unspecified atom stereocenters. The third-order valence-electron chi connectivity index (χ3n) is 9.73. The van der Waals surface area contributed by atoms with E-state index in [-0.39, 0.29) is 51.4 Å². The minimum Gasteiger partial charge on any atom is -0.352 e. The van der Waals surface area contributed by atoms with Gasteiger partial charge in [0.1, 0.15) is 0 Å². The van der Waals surface area contributed by atoms with Gasteiger partial charge in [0.15, 0.2) is 11.5 Å². The number of hydrogen-bond donors (Lipinski definition) is 3. The molecule has 46 heavy (non-hydrogen) atoms. The molecule has 3 N–H and O–H groups in total. The van der Waals surface area contributed by atoms with E-state index in [0.717, 1.165) is 51.9 Å². The second kappa shape index (κ2) is 11.7. The lowest BCUT2D eigenvalue weighted by molar-refractivity contribution is -0.141. The van der Waals surface area contributed by atoms with Gasteiger partial charge in [-0.3, -0.25) is 19.1 Å². The molecule has 4 aliphatic rings. The number of carbonyl (C=O) groups excluding carboxylic acids is 3. The molecule has 244 valence electrons. The van der Waals surface area contributed by atoms with E-state index in [2.05, 4.69) is 26.0 Å². The van der Waals surface area contributed by atoms with Crippen molar-refractivity contribution in [1.29, 1.82) is 0 Å². The maximum absolute atomic E-state index is 13.7. The van der Waals surface area contributed by atoms with E-state index in [1.54, 1.807) is 0 Å². The van der Waals surface area contributed by atoms with Crippen LogP contribution in [0.2, 0.25) is 5.02 Å². The summed E-state index contributed by atoms with van der Waals surface area (Å²) >= 11 is 6.42. The van der Waals surface area contributed by atoms with Gasteiger partial charge in [0.2, 0.25) is 5.91 Å². The molecule has 2 saturated carbocycles. The van der Waals surface area contributed by atoms with Gasteiger partial charge in [-0.15, -0.1) is 0 Å². The van der Waals surface area contributed by atoms with E-state index < -0.39 is 17.8 Å². The van der Waals surface area contributed by atoms with Crippen molar-refractivity contribution in [2.45, 2.75) is 37.9 Å². The first kappa shape index (κ1) is 30.7. The summed E-state index contributed by atoms with van der Waals surface area (Å²) in [6.45, 7) is 3.75. The molecule has 11 nitrogen and oxygen atoms in total. The number of halogens is 4. The van der Waals surface area contributed by atoms with Crippen LogP contribution in [-0.4, -0.2) is 74.7 Å². The van der Waals surface area contributed by atoms with E-state index >= 15 is 0 Å². The van der Waals surface area contributed by atoms with Crippen molar-refractivity contribution in [3.8, 4) is 11.3 Å². The molecule has 3 aromatic rings. The number of hydrogen-bond acceptors (Lipinski definition) is 6. The highest BCUT2D eigenvalue weighted by Gasteiger charge is 2.56. The van der Waals surface area contributed by atoms with Crippen molar-refractivity contribution >= 4 is 35.0 Å². The molecule has 0 spiro atoms. The molecule has 4 heterocycles. The molecular weight excluding hydrogens is 625 g/mol. The van der Waals surface area contributed by atoms with Crippen molar-refractivity contribution in [2.75, 3.05) is 38.0 Å². The van der Waals surface area contributed by atoms with Crippen LogP contribution in [-0.2, 0) is 18.0 Å². The summed E-state index contributed by atoms with van der Waals surface area (Å²) < 4.78 is 43.9. The van der Waals surface area contributed by atoms with Crippen LogP contribution in [0.3, 0.4) is 0 Å². The van der Waals surface area contributed by atoms with Crippen molar-refractivity contribution in [1.82, 2.24) is 34.9 Å². The molecule has 1 aromatic carbocycles. The number of piperidine rings is 2. The number of fused-ring (bicyclic) bond motifs is 1. The predicted octanol–water partition coefficient (Wildman–Crippen LogP) is 3.98. The quantitative estimate of drug-likeness (QED) is 0.336. The minimum atomic E-state index is -4.67. The smallest absolute Gasteiger partial charge is 0.352 e. The molecule has 4 fully saturated rings. The summed E-state index contributed by atoms with van der Waals surface area (Å²) in [6, 6.07) is 4.42. The Morgan fingerprint density at radius 3 is 2.43 bits per heavy atom. The van der Waals surface area contributed by atoms with Crippen molar-refractivity contribution < 1.29 is 27.6 Å². The minimum absolute atomic E-state index is 0.0547. The van der Waals surface area contributed by atoms with Gasteiger partial charge in [0, 0.05) is 44.5 Å². The SMILES string of the molecule is Cn1c(-c2cn(C3CC3)nc2C(F)(F)F)cnc1C(=O)Nc1ccc(C(=O)NCC2[C@H]3CN(C(=O)C4CCNCC4)C[C@@H]23)c(Cl)c1. The zero-order valence-electron chi connectivity index (χ0n) is 25.1. The number of imidazole rings is 1. The normalized spacial score (nSPS) is 22.9. The average Bonchev–Trinajstić information content (AvgIpc) is 3.80.